The molecule has 3 saturated heterocycles. The van der Waals surface area contributed by atoms with Crippen LogP contribution in [0.4, 0.5) is 0 Å². The molecule has 0 aromatic heterocycles. The summed E-state index contributed by atoms with van der Waals surface area (Å²) in [6.07, 6.45) is 2.21. The zero-order chi connectivity index (χ0) is 18.0. The molecule has 3 fully saturated rings. The third kappa shape index (κ3) is 5.13. The Kier molecular flexibility index (Phi) is 6.71. The zero-order valence-electron chi connectivity index (χ0n) is 15.4. The van der Waals surface area contributed by atoms with Crippen LogP contribution < -0.4 is 0 Å². The molecule has 0 radical (unpaired) electrons. The summed E-state index contributed by atoms with van der Waals surface area (Å²) >= 11 is 0. The lowest BCUT2D eigenvalue weighted by molar-refractivity contribution is -0.300. The summed E-state index contributed by atoms with van der Waals surface area (Å²) in [7, 11) is 0. The zero-order valence-corrected chi connectivity index (χ0v) is 15.4. The van der Waals surface area contributed by atoms with E-state index in [-0.39, 0.29) is 43.1 Å². The first kappa shape index (κ1) is 19.5. The summed E-state index contributed by atoms with van der Waals surface area (Å²) in [6, 6.07) is 0. The number of ether oxygens (including phenoxy) is 5. The van der Waals surface area contributed by atoms with E-state index in [1.165, 1.54) is 0 Å². The maximum atomic E-state index is 9.73. The van der Waals surface area contributed by atoms with Gasteiger partial charge in [-0.2, -0.15) is 0 Å². The SMILES string of the molecule is CC1OC(O[C@@H]2CCC(O[C@@H]3CCC(O)OC3C)OC2C)CC[C@H]1O. The molecule has 0 bridgehead atoms. The number of hydrogen-bond donors (Lipinski definition) is 2. The van der Waals surface area contributed by atoms with Crippen LogP contribution in [0.15, 0.2) is 0 Å². The van der Waals surface area contributed by atoms with Gasteiger partial charge in [0.25, 0.3) is 0 Å². The highest BCUT2D eigenvalue weighted by atomic mass is 16.7. The van der Waals surface area contributed by atoms with E-state index < -0.39 is 12.4 Å². The first-order valence-electron chi connectivity index (χ1n) is 9.55. The van der Waals surface area contributed by atoms with E-state index in [2.05, 4.69) is 0 Å². The van der Waals surface area contributed by atoms with Crippen LogP contribution in [0.2, 0.25) is 0 Å². The van der Waals surface area contributed by atoms with Gasteiger partial charge in [-0.25, -0.2) is 0 Å². The van der Waals surface area contributed by atoms with Crippen molar-refractivity contribution >= 4 is 0 Å². The lowest BCUT2D eigenvalue weighted by Crippen LogP contribution is -2.47. The van der Waals surface area contributed by atoms with Crippen LogP contribution in [-0.4, -0.2) is 65.7 Å². The molecular formula is C18H32O7. The molecule has 9 atom stereocenters. The lowest BCUT2D eigenvalue weighted by Gasteiger charge is -2.41. The summed E-state index contributed by atoms with van der Waals surface area (Å²) in [6.45, 7) is 5.78. The van der Waals surface area contributed by atoms with Gasteiger partial charge in [0.2, 0.25) is 0 Å². The first-order valence-corrected chi connectivity index (χ1v) is 9.55. The highest BCUT2D eigenvalue weighted by molar-refractivity contribution is 4.79. The highest BCUT2D eigenvalue weighted by Gasteiger charge is 2.37. The van der Waals surface area contributed by atoms with Gasteiger partial charge in [-0.3, -0.25) is 0 Å². The fourth-order valence-electron chi connectivity index (χ4n) is 3.76. The van der Waals surface area contributed by atoms with Crippen molar-refractivity contribution in [3.8, 4) is 0 Å². The van der Waals surface area contributed by atoms with Crippen LogP contribution in [0.3, 0.4) is 0 Å². The number of rotatable bonds is 4. The van der Waals surface area contributed by atoms with Gasteiger partial charge in [-0.05, 0) is 40.0 Å². The Labute approximate surface area is 149 Å². The number of aliphatic hydroxyl groups is 2. The molecule has 3 aliphatic rings. The molecule has 0 spiro atoms. The highest BCUT2D eigenvalue weighted by Crippen LogP contribution is 2.30. The summed E-state index contributed by atoms with van der Waals surface area (Å²) in [4.78, 5) is 0. The average molecular weight is 360 g/mol. The van der Waals surface area contributed by atoms with E-state index in [9.17, 15) is 10.2 Å². The van der Waals surface area contributed by atoms with Gasteiger partial charge in [0.1, 0.15) is 0 Å². The van der Waals surface area contributed by atoms with Crippen molar-refractivity contribution in [1.82, 2.24) is 0 Å². The predicted octanol–water partition coefficient (Wildman–Crippen LogP) is 1.68. The van der Waals surface area contributed by atoms with E-state index in [4.69, 9.17) is 23.7 Å². The van der Waals surface area contributed by atoms with Crippen LogP contribution in [0.25, 0.3) is 0 Å². The van der Waals surface area contributed by atoms with E-state index in [0.29, 0.717) is 19.3 Å². The topological polar surface area (TPSA) is 86.6 Å². The molecule has 0 aliphatic carbocycles. The second-order valence-electron chi connectivity index (χ2n) is 7.49. The van der Waals surface area contributed by atoms with Crippen LogP contribution in [0, 0.1) is 0 Å². The standard InChI is InChI=1S/C18H32O7/c1-10-13(19)4-8-17(22-10)25-15-6-9-18(23-12(15)3)24-14-5-7-16(20)21-11(14)2/h10-20H,4-9H2,1-3H3/t10?,11?,12?,13-,14-,15-,16?,17?,18?/m1/s1. The van der Waals surface area contributed by atoms with Crippen molar-refractivity contribution in [2.45, 2.75) is 115 Å². The van der Waals surface area contributed by atoms with Crippen molar-refractivity contribution in [1.29, 1.82) is 0 Å². The molecule has 25 heavy (non-hydrogen) atoms. The van der Waals surface area contributed by atoms with Gasteiger partial charge in [0.05, 0.1) is 36.6 Å². The Morgan fingerprint density at radius 2 is 1.16 bits per heavy atom. The molecule has 3 heterocycles. The smallest absolute Gasteiger partial charge is 0.158 e. The fraction of sp³-hybridized carbons (Fsp3) is 1.00. The Morgan fingerprint density at radius 1 is 0.640 bits per heavy atom. The second kappa shape index (κ2) is 8.61. The Bertz CT molecular complexity index is 420. The first-order chi connectivity index (χ1) is 11.9. The lowest BCUT2D eigenvalue weighted by atomic mass is 10.0. The van der Waals surface area contributed by atoms with E-state index >= 15 is 0 Å². The fourth-order valence-corrected chi connectivity index (χ4v) is 3.76. The van der Waals surface area contributed by atoms with Crippen LogP contribution in [-0.2, 0) is 23.7 Å². The minimum Gasteiger partial charge on any atom is -0.390 e. The van der Waals surface area contributed by atoms with E-state index in [1.54, 1.807) is 0 Å². The molecular weight excluding hydrogens is 328 g/mol. The molecule has 0 saturated carbocycles. The molecule has 2 N–H and O–H groups in total. The molecule has 7 heteroatoms. The predicted molar refractivity (Wildman–Crippen MR) is 88.7 cm³/mol. The molecule has 0 aromatic rings. The molecule has 6 unspecified atom stereocenters. The van der Waals surface area contributed by atoms with Crippen molar-refractivity contribution in [2.75, 3.05) is 0 Å². The molecule has 3 rings (SSSR count). The quantitative estimate of drug-likeness (QED) is 0.789. The Hall–Kier alpha value is -0.280. The van der Waals surface area contributed by atoms with Crippen molar-refractivity contribution in [3.63, 3.8) is 0 Å². The number of aliphatic hydroxyl groups excluding tert-OH is 2. The summed E-state index contributed by atoms with van der Waals surface area (Å²) in [5.74, 6) is 0. The molecule has 7 nitrogen and oxygen atoms in total. The van der Waals surface area contributed by atoms with Gasteiger partial charge in [0, 0.05) is 19.3 Å². The molecule has 0 amide bonds. The summed E-state index contributed by atoms with van der Waals surface area (Å²) < 4.78 is 29.3. The normalized spacial score (nSPS) is 49.1. The summed E-state index contributed by atoms with van der Waals surface area (Å²) in [5, 5.41) is 19.3. The van der Waals surface area contributed by atoms with Crippen LogP contribution in [0.1, 0.15) is 59.3 Å². The van der Waals surface area contributed by atoms with Crippen LogP contribution in [0.5, 0.6) is 0 Å². The minimum absolute atomic E-state index is 0.0332. The average Bonchev–Trinajstić information content (AvgIpc) is 2.56. The monoisotopic (exact) mass is 360 g/mol. The largest absolute Gasteiger partial charge is 0.390 e. The van der Waals surface area contributed by atoms with Gasteiger partial charge < -0.3 is 33.9 Å². The molecule has 3 aliphatic heterocycles. The van der Waals surface area contributed by atoms with Crippen molar-refractivity contribution < 1.29 is 33.9 Å². The second-order valence-corrected chi connectivity index (χ2v) is 7.49. The van der Waals surface area contributed by atoms with E-state index in [0.717, 1.165) is 19.3 Å². The summed E-state index contributed by atoms with van der Waals surface area (Å²) in [5.41, 5.74) is 0. The van der Waals surface area contributed by atoms with Crippen molar-refractivity contribution in [2.24, 2.45) is 0 Å². The molecule has 146 valence electrons. The van der Waals surface area contributed by atoms with Gasteiger partial charge in [-0.1, -0.05) is 0 Å². The molecule has 0 aromatic carbocycles. The Balaban J connectivity index is 1.43. The number of hydrogen-bond acceptors (Lipinski definition) is 7. The minimum atomic E-state index is -0.685. The van der Waals surface area contributed by atoms with E-state index in [1.807, 2.05) is 20.8 Å². The maximum absolute atomic E-state index is 9.73. The maximum Gasteiger partial charge on any atom is 0.158 e. The Morgan fingerprint density at radius 3 is 1.72 bits per heavy atom. The van der Waals surface area contributed by atoms with Gasteiger partial charge >= 0.3 is 0 Å². The third-order valence-electron chi connectivity index (χ3n) is 5.43. The van der Waals surface area contributed by atoms with Crippen molar-refractivity contribution in [3.05, 3.63) is 0 Å². The van der Waals surface area contributed by atoms with Crippen LogP contribution >= 0.6 is 0 Å². The third-order valence-corrected chi connectivity index (χ3v) is 5.43. The van der Waals surface area contributed by atoms with Gasteiger partial charge in [-0.15, -0.1) is 0 Å². The van der Waals surface area contributed by atoms with Gasteiger partial charge in [0.15, 0.2) is 18.9 Å².